The third kappa shape index (κ3) is 3.49. The number of methoxy groups -OCH3 is 1. The van der Waals surface area contributed by atoms with Gasteiger partial charge in [-0.15, -0.1) is 0 Å². The highest BCUT2D eigenvalue weighted by Gasteiger charge is 2.23. The smallest absolute Gasteiger partial charge is 0.126 e. The summed E-state index contributed by atoms with van der Waals surface area (Å²) in [6, 6.07) is 19.8. The second-order valence-electron chi connectivity index (χ2n) is 9.16. The van der Waals surface area contributed by atoms with Gasteiger partial charge < -0.3 is 4.74 Å². The fourth-order valence-corrected chi connectivity index (χ4v) is 3.47. The van der Waals surface area contributed by atoms with Crippen molar-refractivity contribution < 1.29 is 4.74 Å². The molecule has 0 saturated carbocycles. The van der Waals surface area contributed by atoms with Crippen molar-refractivity contribution in [2.24, 2.45) is 0 Å². The van der Waals surface area contributed by atoms with Gasteiger partial charge in [0.25, 0.3) is 0 Å². The van der Waals surface area contributed by atoms with Crippen LogP contribution in [0.2, 0.25) is 0 Å². The second-order valence-corrected chi connectivity index (χ2v) is 9.16. The van der Waals surface area contributed by atoms with Crippen molar-refractivity contribution in [2.45, 2.75) is 52.4 Å². The van der Waals surface area contributed by atoms with Gasteiger partial charge in [0, 0.05) is 5.56 Å². The van der Waals surface area contributed by atoms with Crippen molar-refractivity contribution in [3.8, 4) is 16.9 Å². The zero-order valence-electron chi connectivity index (χ0n) is 17.1. The summed E-state index contributed by atoms with van der Waals surface area (Å²) in [4.78, 5) is 0. The molecule has 1 heteroatoms. The molecule has 0 N–H and O–H groups in total. The lowest BCUT2D eigenvalue weighted by Crippen LogP contribution is -2.14. The summed E-state index contributed by atoms with van der Waals surface area (Å²) >= 11 is 0. The molecular formula is C25H30O. The van der Waals surface area contributed by atoms with E-state index in [-0.39, 0.29) is 10.8 Å². The van der Waals surface area contributed by atoms with E-state index in [9.17, 15) is 0 Å². The van der Waals surface area contributed by atoms with Gasteiger partial charge in [-0.2, -0.15) is 0 Å². The molecule has 0 aliphatic carbocycles. The third-order valence-corrected chi connectivity index (χ3v) is 5.05. The van der Waals surface area contributed by atoms with Crippen LogP contribution in [-0.4, -0.2) is 7.11 Å². The van der Waals surface area contributed by atoms with Crippen molar-refractivity contribution in [1.82, 2.24) is 0 Å². The van der Waals surface area contributed by atoms with Crippen LogP contribution in [0.1, 0.15) is 52.7 Å². The molecule has 0 aliphatic heterocycles. The van der Waals surface area contributed by atoms with E-state index < -0.39 is 0 Å². The van der Waals surface area contributed by atoms with E-state index in [1.54, 1.807) is 7.11 Å². The average molecular weight is 347 g/mol. The molecule has 0 unspecified atom stereocenters. The van der Waals surface area contributed by atoms with E-state index in [1.165, 1.54) is 33.0 Å². The lowest BCUT2D eigenvalue weighted by Gasteiger charge is -2.26. The standard InChI is InChI=1S/C25H30O/c1-24(2,3)19-12-13-23(26-7)21(16-19)20-14-17-10-8-9-11-18(17)15-22(20)25(4,5)6/h8-16H,1-7H3. The largest absolute Gasteiger partial charge is 0.496 e. The molecule has 0 saturated heterocycles. The topological polar surface area (TPSA) is 9.23 Å². The van der Waals surface area contributed by atoms with E-state index in [0.717, 1.165) is 5.75 Å². The Hall–Kier alpha value is -2.28. The van der Waals surface area contributed by atoms with Gasteiger partial charge in [0.05, 0.1) is 7.11 Å². The van der Waals surface area contributed by atoms with E-state index in [0.29, 0.717) is 0 Å². The van der Waals surface area contributed by atoms with Gasteiger partial charge in [0.2, 0.25) is 0 Å². The SMILES string of the molecule is COc1ccc(C(C)(C)C)cc1-c1cc2ccccc2cc1C(C)(C)C. The molecular weight excluding hydrogens is 316 g/mol. The Labute approximate surface area is 158 Å². The van der Waals surface area contributed by atoms with Gasteiger partial charge in [-0.25, -0.2) is 0 Å². The molecule has 3 rings (SSSR count). The van der Waals surface area contributed by atoms with Crippen molar-refractivity contribution in [3.05, 3.63) is 65.7 Å². The molecule has 0 spiro atoms. The van der Waals surface area contributed by atoms with E-state index >= 15 is 0 Å². The Morgan fingerprint density at radius 2 is 1.27 bits per heavy atom. The molecule has 3 aromatic rings. The summed E-state index contributed by atoms with van der Waals surface area (Å²) < 4.78 is 5.75. The number of hydrogen-bond donors (Lipinski definition) is 0. The second kappa shape index (κ2) is 6.46. The first kappa shape index (κ1) is 18.5. The number of benzene rings is 3. The van der Waals surface area contributed by atoms with Gasteiger partial charge >= 0.3 is 0 Å². The molecule has 0 aromatic heterocycles. The van der Waals surface area contributed by atoms with Crippen molar-refractivity contribution >= 4 is 10.8 Å². The highest BCUT2D eigenvalue weighted by molar-refractivity contribution is 5.91. The van der Waals surface area contributed by atoms with Crippen LogP contribution < -0.4 is 4.74 Å². The van der Waals surface area contributed by atoms with Gasteiger partial charge in [0.1, 0.15) is 5.75 Å². The molecule has 0 fully saturated rings. The van der Waals surface area contributed by atoms with Crippen LogP contribution in [0.3, 0.4) is 0 Å². The number of fused-ring (bicyclic) bond motifs is 1. The monoisotopic (exact) mass is 346 g/mol. The zero-order valence-corrected chi connectivity index (χ0v) is 17.1. The van der Waals surface area contributed by atoms with Gasteiger partial charge in [0.15, 0.2) is 0 Å². The highest BCUT2D eigenvalue weighted by Crippen LogP contribution is 2.41. The van der Waals surface area contributed by atoms with Gasteiger partial charge in [-0.3, -0.25) is 0 Å². The molecule has 3 aromatic carbocycles. The molecule has 0 bridgehead atoms. The Bertz CT molecular complexity index is 937. The van der Waals surface area contributed by atoms with Crippen LogP contribution in [0.4, 0.5) is 0 Å². The van der Waals surface area contributed by atoms with Gasteiger partial charge in [-0.1, -0.05) is 77.9 Å². The first-order valence-electron chi connectivity index (χ1n) is 9.33. The van der Waals surface area contributed by atoms with Crippen LogP contribution in [-0.2, 0) is 10.8 Å². The fourth-order valence-electron chi connectivity index (χ4n) is 3.47. The molecule has 0 aliphatic rings. The predicted octanol–water partition coefficient (Wildman–Crippen LogP) is 7.11. The average Bonchev–Trinajstić information content (AvgIpc) is 2.58. The van der Waals surface area contributed by atoms with Crippen LogP contribution in [0.15, 0.2) is 54.6 Å². The summed E-state index contributed by atoms with van der Waals surface area (Å²) in [5.74, 6) is 0.929. The Morgan fingerprint density at radius 3 is 1.81 bits per heavy atom. The van der Waals surface area contributed by atoms with E-state index in [4.69, 9.17) is 4.74 Å². The minimum atomic E-state index is 0.0438. The minimum Gasteiger partial charge on any atom is -0.496 e. The molecule has 0 amide bonds. The van der Waals surface area contributed by atoms with Gasteiger partial charge in [-0.05, 0) is 56.5 Å². The predicted molar refractivity (Wildman–Crippen MR) is 113 cm³/mol. The Balaban J connectivity index is 2.37. The van der Waals surface area contributed by atoms with Crippen LogP contribution in [0.5, 0.6) is 5.75 Å². The summed E-state index contributed by atoms with van der Waals surface area (Å²) in [6.07, 6.45) is 0. The normalized spacial score (nSPS) is 12.4. The number of hydrogen-bond acceptors (Lipinski definition) is 1. The number of rotatable bonds is 2. The quantitative estimate of drug-likeness (QED) is 0.480. The van der Waals surface area contributed by atoms with E-state index in [1.807, 2.05) is 0 Å². The highest BCUT2D eigenvalue weighted by atomic mass is 16.5. The molecule has 26 heavy (non-hydrogen) atoms. The first-order chi connectivity index (χ1) is 12.1. The summed E-state index contributed by atoms with van der Waals surface area (Å²) in [5.41, 5.74) is 5.25. The fraction of sp³-hybridized carbons (Fsp3) is 0.360. The maximum atomic E-state index is 5.75. The van der Waals surface area contributed by atoms with Crippen molar-refractivity contribution in [3.63, 3.8) is 0 Å². The summed E-state index contributed by atoms with van der Waals surface area (Å²) in [6.45, 7) is 13.6. The summed E-state index contributed by atoms with van der Waals surface area (Å²) in [7, 11) is 1.76. The molecule has 136 valence electrons. The lowest BCUT2D eigenvalue weighted by atomic mass is 9.79. The molecule has 0 radical (unpaired) electrons. The van der Waals surface area contributed by atoms with E-state index in [2.05, 4.69) is 96.1 Å². The maximum absolute atomic E-state index is 5.75. The van der Waals surface area contributed by atoms with Crippen molar-refractivity contribution in [2.75, 3.05) is 7.11 Å². The van der Waals surface area contributed by atoms with Crippen LogP contribution in [0.25, 0.3) is 21.9 Å². The zero-order chi connectivity index (χ0) is 19.1. The molecule has 0 heterocycles. The maximum Gasteiger partial charge on any atom is 0.126 e. The molecule has 1 nitrogen and oxygen atoms in total. The lowest BCUT2D eigenvalue weighted by molar-refractivity contribution is 0.415. The first-order valence-corrected chi connectivity index (χ1v) is 9.33. The van der Waals surface area contributed by atoms with Crippen LogP contribution >= 0.6 is 0 Å². The third-order valence-electron chi connectivity index (χ3n) is 5.05. The summed E-state index contributed by atoms with van der Waals surface area (Å²) in [5, 5.41) is 2.55. The molecule has 0 atom stereocenters. The Morgan fingerprint density at radius 1 is 0.654 bits per heavy atom. The Kier molecular flexibility index (Phi) is 4.60. The van der Waals surface area contributed by atoms with Crippen molar-refractivity contribution in [1.29, 1.82) is 0 Å². The minimum absolute atomic E-state index is 0.0438. The number of ether oxygens (including phenoxy) is 1. The van der Waals surface area contributed by atoms with Crippen LogP contribution in [0, 0.1) is 0 Å².